The van der Waals surface area contributed by atoms with Crippen LogP contribution in [-0.4, -0.2) is 31.7 Å². The molecule has 3 aromatic rings. The first-order chi connectivity index (χ1) is 11.4. The second-order valence-electron chi connectivity index (χ2n) is 5.04. The van der Waals surface area contributed by atoms with Gasteiger partial charge in [-0.1, -0.05) is 11.6 Å². The van der Waals surface area contributed by atoms with E-state index in [0.29, 0.717) is 16.0 Å². The number of halogens is 2. The van der Waals surface area contributed by atoms with Crippen molar-refractivity contribution in [2.75, 3.05) is 0 Å². The number of carbonyl (C=O) groups excluding carboxylic acids is 1. The Hall–Kier alpha value is -3.00. The third-order valence-electron chi connectivity index (χ3n) is 3.40. The molecular formula is C15H10ClFN4O3. The van der Waals surface area contributed by atoms with E-state index in [4.69, 9.17) is 22.4 Å². The van der Waals surface area contributed by atoms with Crippen LogP contribution in [0.25, 0.3) is 10.9 Å². The fourth-order valence-electron chi connectivity index (χ4n) is 2.42. The molecule has 2 heterocycles. The van der Waals surface area contributed by atoms with Crippen LogP contribution >= 0.6 is 11.6 Å². The van der Waals surface area contributed by atoms with Gasteiger partial charge in [-0.15, -0.1) is 0 Å². The van der Waals surface area contributed by atoms with Crippen molar-refractivity contribution in [3.8, 4) is 0 Å². The average Bonchev–Trinajstić information content (AvgIpc) is 2.90. The second-order valence-corrected chi connectivity index (χ2v) is 5.47. The topological polar surface area (TPSA) is 111 Å². The molecule has 0 atom stereocenters. The molecule has 122 valence electrons. The van der Waals surface area contributed by atoms with E-state index in [1.165, 1.54) is 12.3 Å². The molecule has 0 saturated carbocycles. The zero-order chi connectivity index (χ0) is 17.4. The Kier molecular flexibility index (Phi) is 3.90. The highest BCUT2D eigenvalue weighted by Crippen LogP contribution is 2.22. The van der Waals surface area contributed by atoms with Crippen LogP contribution in [0, 0.1) is 5.82 Å². The summed E-state index contributed by atoms with van der Waals surface area (Å²) in [4.78, 5) is 26.6. The summed E-state index contributed by atoms with van der Waals surface area (Å²) in [6.07, 6.45) is 2.36. The van der Waals surface area contributed by atoms with Crippen molar-refractivity contribution in [2.45, 2.75) is 6.54 Å². The Labute approximate surface area is 139 Å². The van der Waals surface area contributed by atoms with E-state index in [1.807, 2.05) is 0 Å². The van der Waals surface area contributed by atoms with Gasteiger partial charge in [-0.05, 0) is 23.8 Å². The fraction of sp³-hybridized carbons (Fsp3) is 0.0667. The van der Waals surface area contributed by atoms with Crippen LogP contribution in [0.1, 0.15) is 26.4 Å². The lowest BCUT2D eigenvalue weighted by Crippen LogP contribution is -2.21. The molecule has 0 aliphatic heterocycles. The van der Waals surface area contributed by atoms with Gasteiger partial charge >= 0.3 is 5.97 Å². The molecule has 3 rings (SSSR count). The first-order valence-corrected chi connectivity index (χ1v) is 7.07. The van der Waals surface area contributed by atoms with Gasteiger partial charge < -0.3 is 10.8 Å². The summed E-state index contributed by atoms with van der Waals surface area (Å²) in [7, 11) is 0. The number of carboxylic acid groups (broad SMARTS) is 1. The molecule has 0 fully saturated rings. The molecule has 1 aromatic carbocycles. The van der Waals surface area contributed by atoms with Crippen LogP contribution in [0.3, 0.4) is 0 Å². The zero-order valence-corrected chi connectivity index (χ0v) is 12.8. The van der Waals surface area contributed by atoms with Gasteiger partial charge in [-0.3, -0.25) is 14.5 Å². The fourth-order valence-corrected chi connectivity index (χ4v) is 2.59. The van der Waals surface area contributed by atoms with Crippen molar-refractivity contribution < 1.29 is 19.1 Å². The molecule has 2 aromatic heterocycles. The third kappa shape index (κ3) is 2.79. The summed E-state index contributed by atoms with van der Waals surface area (Å²) in [5.74, 6) is -2.82. The predicted molar refractivity (Wildman–Crippen MR) is 83.5 cm³/mol. The van der Waals surface area contributed by atoms with Gasteiger partial charge in [-0.25, -0.2) is 9.18 Å². The molecule has 0 saturated heterocycles. The van der Waals surface area contributed by atoms with Gasteiger partial charge in [-0.2, -0.15) is 5.10 Å². The quantitative estimate of drug-likeness (QED) is 0.749. The van der Waals surface area contributed by atoms with E-state index >= 15 is 0 Å². The number of rotatable bonds is 4. The molecule has 0 spiro atoms. The van der Waals surface area contributed by atoms with Crippen molar-refractivity contribution in [3.05, 3.63) is 58.3 Å². The number of amides is 1. The lowest BCUT2D eigenvalue weighted by molar-refractivity contribution is 0.0691. The number of hydrogen-bond donors (Lipinski definition) is 2. The van der Waals surface area contributed by atoms with Crippen LogP contribution < -0.4 is 5.73 Å². The SMILES string of the molecule is NC(=O)c1c(C(=O)O)cnn1Cc1cc(F)c2ncc(Cl)cc2c1. The summed E-state index contributed by atoms with van der Waals surface area (Å²) in [5, 5.41) is 13.7. The maximum atomic E-state index is 14.2. The molecule has 0 aliphatic rings. The number of benzene rings is 1. The van der Waals surface area contributed by atoms with Crippen molar-refractivity contribution in [2.24, 2.45) is 5.73 Å². The van der Waals surface area contributed by atoms with Crippen LogP contribution in [0.4, 0.5) is 4.39 Å². The minimum absolute atomic E-state index is 0.0368. The van der Waals surface area contributed by atoms with E-state index in [-0.39, 0.29) is 23.3 Å². The molecular weight excluding hydrogens is 339 g/mol. The van der Waals surface area contributed by atoms with Crippen molar-refractivity contribution in [1.82, 2.24) is 14.8 Å². The number of aromatic carboxylic acids is 1. The Morgan fingerprint density at radius 2 is 2.04 bits per heavy atom. The summed E-state index contributed by atoms with van der Waals surface area (Å²) in [5.41, 5.74) is 5.27. The highest BCUT2D eigenvalue weighted by atomic mass is 35.5. The highest BCUT2D eigenvalue weighted by molar-refractivity contribution is 6.31. The number of carboxylic acids is 1. The number of carbonyl (C=O) groups is 2. The van der Waals surface area contributed by atoms with E-state index in [1.54, 1.807) is 12.1 Å². The van der Waals surface area contributed by atoms with Gasteiger partial charge in [0.15, 0.2) is 0 Å². The van der Waals surface area contributed by atoms with Crippen LogP contribution in [0.5, 0.6) is 0 Å². The summed E-state index contributed by atoms with van der Waals surface area (Å²) in [6.45, 7) is -0.0368. The third-order valence-corrected chi connectivity index (χ3v) is 3.61. The van der Waals surface area contributed by atoms with Gasteiger partial charge in [0, 0.05) is 11.6 Å². The standard InChI is InChI=1S/C15H10ClFN4O3/c16-9-3-8-1-7(2-11(17)12(8)19-4-9)6-21-13(14(18)22)10(5-20-21)15(23)24/h1-5H,6H2,(H2,18,22)(H,23,24). The van der Waals surface area contributed by atoms with Gasteiger partial charge in [0.25, 0.3) is 5.91 Å². The number of fused-ring (bicyclic) bond motifs is 1. The lowest BCUT2D eigenvalue weighted by Gasteiger charge is -2.08. The molecule has 0 aliphatic carbocycles. The first-order valence-electron chi connectivity index (χ1n) is 6.69. The Morgan fingerprint density at radius 1 is 1.29 bits per heavy atom. The highest BCUT2D eigenvalue weighted by Gasteiger charge is 2.21. The molecule has 0 radical (unpaired) electrons. The Morgan fingerprint density at radius 3 is 2.71 bits per heavy atom. The Bertz CT molecular complexity index is 986. The maximum Gasteiger partial charge on any atom is 0.339 e. The van der Waals surface area contributed by atoms with Crippen molar-refractivity contribution >= 4 is 34.4 Å². The van der Waals surface area contributed by atoms with Crippen molar-refractivity contribution in [3.63, 3.8) is 0 Å². The van der Waals surface area contributed by atoms with Crippen LogP contribution in [0.15, 0.2) is 30.6 Å². The molecule has 24 heavy (non-hydrogen) atoms. The summed E-state index contributed by atoms with van der Waals surface area (Å²) in [6, 6.07) is 4.41. The molecule has 0 bridgehead atoms. The lowest BCUT2D eigenvalue weighted by atomic mass is 10.1. The predicted octanol–water partition coefficient (Wildman–Crippen LogP) is 2.07. The van der Waals surface area contributed by atoms with E-state index in [0.717, 1.165) is 10.9 Å². The maximum absolute atomic E-state index is 14.2. The number of primary amides is 1. The van der Waals surface area contributed by atoms with E-state index < -0.39 is 17.7 Å². The van der Waals surface area contributed by atoms with Gasteiger partial charge in [0.05, 0.1) is 17.8 Å². The van der Waals surface area contributed by atoms with E-state index in [2.05, 4.69) is 10.1 Å². The zero-order valence-electron chi connectivity index (χ0n) is 12.0. The molecule has 3 N–H and O–H groups in total. The minimum atomic E-state index is -1.32. The first kappa shape index (κ1) is 15.9. The number of aromatic nitrogens is 3. The van der Waals surface area contributed by atoms with Crippen molar-refractivity contribution in [1.29, 1.82) is 0 Å². The largest absolute Gasteiger partial charge is 0.478 e. The molecule has 1 amide bonds. The summed E-state index contributed by atoms with van der Waals surface area (Å²) >= 11 is 5.86. The smallest absolute Gasteiger partial charge is 0.339 e. The number of pyridine rings is 1. The number of nitrogens with two attached hydrogens (primary N) is 1. The van der Waals surface area contributed by atoms with Gasteiger partial charge in [0.2, 0.25) is 0 Å². The minimum Gasteiger partial charge on any atom is -0.478 e. The summed E-state index contributed by atoms with van der Waals surface area (Å²) < 4.78 is 15.3. The average molecular weight is 349 g/mol. The second kappa shape index (κ2) is 5.89. The van der Waals surface area contributed by atoms with Crippen LogP contribution in [0.2, 0.25) is 5.02 Å². The van der Waals surface area contributed by atoms with Gasteiger partial charge in [0.1, 0.15) is 22.6 Å². The Balaban J connectivity index is 2.07. The molecule has 0 unspecified atom stereocenters. The normalized spacial score (nSPS) is 10.9. The number of hydrogen-bond acceptors (Lipinski definition) is 4. The monoisotopic (exact) mass is 348 g/mol. The van der Waals surface area contributed by atoms with E-state index in [9.17, 15) is 14.0 Å². The van der Waals surface area contributed by atoms with Crippen LogP contribution in [-0.2, 0) is 6.54 Å². The molecule has 9 heteroatoms. The molecule has 7 nitrogen and oxygen atoms in total. The number of nitrogens with zero attached hydrogens (tertiary/aromatic N) is 3.